The summed E-state index contributed by atoms with van der Waals surface area (Å²) in [6.45, 7) is 0.812. The Bertz CT molecular complexity index is 1160. The highest BCUT2D eigenvalue weighted by atomic mass is 19.4. The standard InChI is InChI=1S/C22H19F3N4O3/c23-22(24,25)16-6-2-1-4-14(16)12-15-5-3-7-17(26-15)19-13-29(10-11-32-19)21(31)18-8-9-20(30)28-27-18/h1-9,19H,10-13H2,(H,28,30)/t19-/m0/s1. The fraction of sp³-hybridized carbons (Fsp3) is 0.273. The van der Waals surface area contributed by atoms with Gasteiger partial charge < -0.3 is 9.64 Å². The number of amides is 1. The second kappa shape index (κ2) is 8.91. The molecule has 3 heterocycles. The summed E-state index contributed by atoms with van der Waals surface area (Å²) in [7, 11) is 0. The van der Waals surface area contributed by atoms with Gasteiger partial charge in [-0.2, -0.15) is 18.3 Å². The molecule has 32 heavy (non-hydrogen) atoms. The lowest BCUT2D eigenvalue weighted by molar-refractivity contribution is -0.138. The highest BCUT2D eigenvalue weighted by molar-refractivity contribution is 5.92. The van der Waals surface area contributed by atoms with Gasteiger partial charge in [0.05, 0.1) is 24.4 Å². The quantitative estimate of drug-likeness (QED) is 0.669. The summed E-state index contributed by atoms with van der Waals surface area (Å²) >= 11 is 0. The zero-order valence-electron chi connectivity index (χ0n) is 16.8. The number of carbonyl (C=O) groups excluding carboxylic acids is 1. The molecular formula is C22H19F3N4O3. The molecule has 1 fully saturated rings. The van der Waals surface area contributed by atoms with E-state index in [1.54, 1.807) is 29.2 Å². The number of aromatic amines is 1. The van der Waals surface area contributed by atoms with E-state index >= 15 is 0 Å². The minimum Gasteiger partial charge on any atom is -0.368 e. The van der Waals surface area contributed by atoms with Crippen LogP contribution in [0.2, 0.25) is 0 Å². The van der Waals surface area contributed by atoms with Gasteiger partial charge in [-0.15, -0.1) is 0 Å². The van der Waals surface area contributed by atoms with E-state index in [1.807, 2.05) is 0 Å². The van der Waals surface area contributed by atoms with Gasteiger partial charge in [-0.1, -0.05) is 24.3 Å². The molecule has 1 aromatic carbocycles. The summed E-state index contributed by atoms with van der Waals surface area (Å²) in [5, 5.41) is 5.99. The molecule has 2 aromatic heterocycles. The topological polar surface area (TPSA) is 88.2 Å². The molecule has 1 N–H and O–H groups in total. The Hall–Kier alpha value is -3.53. The largest absolute Gasteiger partial charge is 0.416 e. The zero-order chi connectivity index (χ0) is 22.7. The van der Waals surface area contributed by atoms with Crippen LogP contribution in [0.1, 0.15) is 39.1 Å². The first kappa shape index (κ1) is 21.7. The first-order chi connectivity index (χ1) is 15.3. The second-order valence-electron chi connectivity index (χ2n) is 7.30. The van der Waals surface area contributed by atoms with Gasteiger partial charge in [-0.25, -0.2) is 5.10 Å². The van der Waals surface area contributed by atoms with Crippen LogP contribution in [0.25, 0.3) is 0 Å². The first-order valence-corrected chi connectivity index (χ1v) is 9.89. The molecule has 0 saturated carbocycles. The maximum absolute atomic E-state index is 13.3. The van der Waals surface area contributed by atoms with E-state index in [0.717, 1.165) is 6.07 Å². The summed E-state index contributed by atoms with van der Waals surface area (Å²) in [4.78, 5) is 29.9. The Morgan fingerprint density at radius 3 is 2.69 bits per heavy atom. The summed E-state index contributed by atoms with van der Waals surface area (Å²) in [5.74, 6) is -0.357. The van der Waals surface area contributed by atoms with Crippen LogP contribution < -0.4 is 5.56 Å². The van der Waals surface area contributed by atoms with Crippen molar-refractivity contribution in [3.05, 3.63) is 93.2 Å². The van der Waals surface area contributed by atoms with Gasteiger partial charge >= 0.3 is 6.18 Å². The van der Waals surface area contributed by atoms with E-state index in [2.05, 4.69) is 15.2 Å². The van der Waals surface area contributed by atoms with E-state index < -0.39 is 23.4 Å². The van der Waals surface area contributed by atoms with Gasteiger partial charge in [0.25, 0.3) is 11.5 Å². The average Bonchev–Trinajstić information content (AvgIpc) is 2.79. The number of benzene rings is 1. The van der Waals surface area contributed by atoms with Crippen molar-refractivity contribution in [2.75, 3.05) is 19.7 Å². The number of hydrogen-bond donors (Lipinski definition) is 1. The van der Waals surface area contributed by atoms with Crippen molar-refractivity contribution >= 4 is 5.91 Å². The minimum atomic E-state index is -4.45. The molecule has 1 aliphatic rings. The van der Waals surface area contributed by atoms with Crippen LogP contribution in [-0.2, 0) is 17.3 Å². The minimum absolute atomic E-state index is 0.0141. The highest BCUT2D eigenvalue weighted by Crippen LogP contribution is 2.33. The molecular weight excluding hydrogens is 425 g/mol. The lowest BCUT2D eigenvalue weighted by atomic mass is 10.0. The van der Waals surface area contributed by atoms with Gasteiger partial charge in [0.1, 0.15) is 11.8 Å². The maximum atomic E-state index is 13.3. The summed E-state index contributed by atoms with van der Waals surface area (Å²) in [5.41, 5.74) is 0.138. The number of halogens is 3. The smallest absolute Gasteiger partial charge is 0.368 e. The third kappa shape index (κ3) is 4.86. The molecule has 1 aliphatic heterocycles. The lowest BCUT2D eigenvalue weighted by Gasteiger charge is -2.32. The van der Waals surface area contributed by atoms with Crippen molar-refractivity contribution < 1.29 is 22.7 Å². The van der Waals surface area contributed by atoms with Crippen LogP contribution in [0.4, 0.5) is 13.2 Å². The van der Waals surface area contributed by atoms with Gasteiger partial charge in [0.15, 0.2) is 0 Å². The monoisotopic (exact) mass is 444 g/mol. The van der Waals surface area contributed by atoms with Crippen molar-refractivity contribution in [2.45, 2.75) is 18.7 Å². The van der Waals surface area contributed by atoms with Crippen LogP contribution in [-0.4, -0.2) is 45.7 Å². The molecule has 10 heteroatoms. The summed E-state index contributed by atoms with van der Waals surface area (Å²) in [6, 6.07) is 13.1. The van der Waals surface area contributed by atoms with Crippen LogP contribution >= 0.6 is 0 Å². The van der Waals surface area contributed by atoms with E-state index in [0.29, 0.717) is 17.9 Å². The van der Waals surface area contributed by atoms with Gasteiger partial charge in [-0.3, -0.25) is 14.6 Å². The Kier molecular flexibility index (Phi) is 6.04. The third-order valence-corrected chi connectivity index (χ3v) is 5.10. The van der Waals surface area contributed by atoms with E-state index in [4.69, 9.17) is 4.74 Å². The lowest BCUT2D eigenvalue weighted by Crippen LogP contribution is -2.43. The van der Waals surface area contributed by atoms with E-state index in [-0.39, 0.29) is 36.7 Å². The number of carbonyl (C=O) groups is 1. The number of H-pyrrole nitrogens is 1. The number of pyridine rings is 1. The number of rotatable bonds is 4. The molecule has 166 valence electrons. The number of hydrogen-bond acceptors (Lipinski definition) is 5. The Morgan fingerprint density at radius 1 is 1.12 bits per heavy atom. The van der Waals surface area contributed by atoms with Crippen molar-refractivity contribution in [1.29, 1.82) is 0 Å². The fourth-order valence-corrected chi connectivity index (χ4v) is 3.56. The molecule has 1 atom stereocenters. The number of nitrogens with zero attached hydrogens (tertiary/aromatic N) is 3. The molecule has 7 nitrogen and oxygen atoms in total. The number of aromatic nitrogens is 3. The van der Waals surface area contributed by atoms with Crippen LogP contribution in [0.5, 0.6) is 0 Å². The predicted molar refractivity (Wildman–Crippen MR) is 108 cm³/mol. The molecule has 4 rings (SSSR count). The van der Waals surface area contributed by atoms with Gasteiger partial charge in [0, 0.05) is 24.7 Å². The van der Waals surface area contributed by atoms with Crippen molar-refractivity contribution in [3.63, 3.8) is 0 Å². The van der Waals surface area contributed by atoms with Crippen LogP contribution in [0.3, 0.4) is 0 Å². The molecule has 0 radical (unpaired) electrons. The zero-order valence-corrected chi connectivity index (χ0v) is 16.8. The van der Waals surface area contributed by atoms with Crippen molar-refractivity contribution in [1.82, 2.24) is 20.1 Å². The molecule has 0 bridgehead atoms. The first-order valence-electron chi connectivity index (χ1n) is 9.89. The Balaban J connectivity index is 1.52. The summed E-state index contributed by atoms with van der Waals surface area (Å²) in [6.07, 6.45) is -4.97. The number of morpholine rings is 1. The van der Waals surface area contributed by atoms with Gasteiger partial charge in [0.2, 0.25) is 0 Å². The molecule has 1 amide bonds. The normalized spacial score (nSPS) is 16.7. The molecule has 0 unspecified atom stereocenters. The van der Waals surface area contributed by atoms with E-state index in [9.17, 15) is 22.8 Å². The summed E-state index contributed by atoms with van der Waals surface area (Å²) < 4.78 is 45.7. The van der Waals surface area contributed by atoms with Crippen molar-refractivity contribution in [3.8, 4) is 0 Å². The Labute approximate surface area is 180 Å². The van der Waals surface area contributed by atoms with Crippen LogP contribution in [0, 0.1) is 0 Å². The van der Waals surface area contributed by atoms with Gasteiger partial charge in [-0.05, 0) is 29.8 Å². The Morgan fingerprint density at radius 2 is 1.94 bits per heavy atom. The SMILES string of the molecule is O=C(c1ccc(=O)[nH]n1)N1CCO[C@H](c2cccc(Cc3ccccc3C(F)(F)F)n2)C1. The second-order valence-corrected chi connectivity index (χ2v) is 7.30. The number of nitrogens with one attached hydrogen (secondary N) is 1. The molecule has 0 spiro atoms. The predicted octanol–water partition coefficient (Wildman–Crippen LogP) is 2.99. The molecule has 3 aromatic rings. The third-order valence-electron chi connectivity index (χ3n) is 5.10. The molecule has 1 saturated heterocycles. The maximum Gasteiger partial charge on any atom is 0.416 e. The number of ether oxygens (including phenoxy) is 1. The average molecular weight is 444 g/mol. The van der Waals surface area contributed by atoms with Crippen molar-refractivity contribution in [2.24, 2.45) is 0 Å². The number of alkyl halides is 3. The van der Waals surface area contributed by atoms with E-state index in [1.165, 1.54) is 24.3 Å². The molecule has 0 aliphatic carbocycles. The van der Waals surface area contributed by atoms with Crippen LogP contribution in [0.15, 0.2) is 59.4 Å². The fourth-order valence-electron chi connectivity index (χ4n) is 3.56. The highest BCUT2D eigenvalue weighted by Gasteiger charge is 2.33.